The van der Waals surface area contributed by atoms with Gasteiger partial charge in [-0.15, -0.1) is 0 Å². The van der Waals surface area contributed by atoms with Gasteiger partial charge >= 0.3 is 33.1 Å². The van der Waals surface area contributed by atoms with Gasteiger partial charge < -0.3 is 29.1 Å². The summed E-state index contributed by atoms with van der Waals surface area (Å²) in [6.07, 6.45) is 1.95. The van der Waals surface area contributed by atoms with Crippen molar-refractivity contribution in [2.24, 2.45) is 16.2 Å². The van der Waals surface area contributed by atoms with Crippen molar-refractivity contribution in [2.45, 2.75) is 100 Å². The van der Waals surface area contributed by atoms with E-state index >= 15 is 0 Å². The highest BCUT2D eigenvalue weighted by molar-refractivity contribution is 7.73. The Labute approximate surface area is 256 Å². The van der Waals surface area contributed by atoms with E-state index in [4.69, 9.17) is 27.8 Å². The molecule has 254 valence electrons. The third-order valence-corrected chi connectivity index (χ3v) is 11.0. The molecule has 14 nitrogen and oxygen atoms in total. The van der Waals surface area contributed by atoms with E-state index in [1.54, 1.807) is 74.3 Å². The monoisotopic (exact) mass is 661 g/mol. The average molecular weight is 662 g/mol. The summed E-state index contributed by atoms with van der Waals surface area (Å²) >= 11 is 0. The Morgan fingerprint density at radius 1 is 0.674 bits per heavy atom. The number of carbonyl (C=O) groups excluding carboxylic acids is 3. The molecule has 0 aliphatic rings. The van der Waals surface area contributed by atoms with Crippen LogP contribution < -0.4 is 0 Å². The third-order valence-electron chi connectivity index (χ3n) is 5.94. The largest absolute Gasteiger partial charge is 0.438 e. The lowest BCUT2D eigenvalue weighted by molar-refractivity contribution is -0.162. The molecule has 0 fully saturated rings. The van der Waals surface area contributed by atoms with Crippen LogP contribution in [0.25, 0.3) is 0 Å². The molecule has 0 bridgehead atoms. The van der Waals surface area contributed by atoms with Crippen LogP contribution in [0.3, 0.4) is 0 Å². The second-order valence-electron chi connectivity index (χ2n) is 13.3. The fourth-order valence-corrected chi connectivity index (χ4v) is 6.75. The molecule has 0 radical (unpaired) electrons. The van der Waals surface area contributed by atoms with Crippen LogP contribution in [0.4, 0.5) is 0 Å². The number of hydrogen-bond acceptors (Lipinski definition) is 13. The smallest absolute Gasteiger partial charge is 0.380 e. The molecule has 43 heavy (non-hydrogen) atoms. The highest BCUT2D eigenvalue weighted by atomic mass is 31.2. The molecular formula is C27H53NO13P2. The predicted octanol–water partition coefficient (Wildman–Crippen LogP) is 5.21. The first-order valence-electron chi connectivity index (χ1n) is 14.1. The normalized spacial score (nSPS) is 15.9. The molecule has 0 saturated carbocycles. The molecule has 16 heteroatoms. The van der Waals surface area contributed by atoms with Gasteiger partial charge in [-0.05, 0) is 82.3 Å². The van der Waals surface area contributed by atoms with Crippen LogP contribution in [0.1, 0.15) is 94.9 Å². The highest BCUT2D eigenvalue weighted by Crippen LogP contribution is 2.75. The second kappa shape index (κ2) is 16.8. The van der Waals surface area contributed by atoms with Crippen molar-refractivity contribution in [1.29, 1.82) is 0 Å². The van der Waals surface area contributed by atoms with E-state index in [1.165, 1.54) is 0 Å². The third kappa shape index (κ3) is 13.7. The van der Waals surface area contributed by atoms with Gasteiger partial charge in [0.25, 0.3) is 5.08 Å². The zero-order valence-electron chi connectivity index (χ0n) is 27.6. The molecule has 0 aromatic carbocycles. The van der Waals surface area contributed by atoms with Gasteiger partial charge in [-0.1, -0.05) is 19.8 Å². The fraction of sp³-hybridized carbons (Fsp3) is 0.889. The summed E-state index contributed by atoms with van der Waals surface area (Å²) in [4.78, 5) is 49.5. The number of rotatable bonds is 18. The van der Waals surface area contributed by atoms with Gasteiger partial charge in [0.05, 0.1) is 16.2 Å². The Hall–Kier alpha value is -1.37. The van der Waals surface area contributed by atoms with Crippen LogP contribution in [-0.2, 0) is 51.3 Å². The van der Waals surface area contributed by atoms with E-state index in [1.807, 2.05) is 6.92 Å². The van der Waals surface area contributed by atoms with E-state index in [2.05, 4.69) is 0 Å². The van der Waals surface area contributed by atoms with Gasteiger partial charge in [0.1, 0.15) is 0 Å². The van der Waals surface area contributed by atoms with Crippen LogP contribution in [0, 0.1) is 16.2 Å². The van der Waals surface area contributed by atoms with Crippen molar-refractivity contribution in [3.05, 3.63) is 0 Å². The Morgan fingerprint density at radius 2 is 1.05 bits per heavy atom. The summed E-state index contributed by atoms with van der Waals surface area (Å²) in [5.74, 6) is -2.31. The van der Waals surface area contributed by atoms with Gasteiger partial charge in [-0.2, -0.15) is 0 Å². The lowest BCUT2D eigenvalue weighted by Gasteiger charge is -2.37. The maximum absolute atomic E-state index is 14.3. The number of ether oxygens (including phenoxy) is 3. The average Bonchev–Trinajstić information content (AvgIpc) is 2.85. The summed E-state index contributed by atoms with van der Waals surface area (Å²) in [6.45, 7) is 13.3. The first-order chi connectivity index (χ1) is 19.3. The fourth-order valence-electron chi connectivity index (χ4n) is 2.96. The molecule has 0 saturated heterocycles. The number of hydrogen-bond donors (Lipinski definition) is 2. The van der Waals surface area contributed by atoms with Gasteiger partial charge in [-0.25, -0.2) is 0 Å². The van der Waals surface area contributed by atoms with Crippen molar-refractivity contribution in [1.82, 2.24) is 4.90 Å². The molecule has 0 aromatic heterocycles. The maximum atomic E-state index is 14.3. The predicted molar refractivity (Wildman–Crippen MR) is 159 cm³/mol. The lowest BCUT2D eigenvalue weighted by atomic mass is 9.98. The zero-order valence-corrected chi connectivity index (χ0v) is 29.4. The van der Waals surface area contributed by atoms with Crippen LogP contribution in [0.15, 0.2) is 0 Å². The summed E-state index contributed by atoms with van der Waals surface area (Å²) in [5.41, 5.74) is -2.95. The van der Waals surface area contributed by atoms with Crippen LogP contribution in [0.5, 0.6) is 0 Å². The molecule has 0 aliphatic heterocycles. The summed E-state index contributed by atoms with van der Waals surface area (Å²) in [6, 6.07) is 0. The first-order valence-corrected chi connectivity index (χ1v) is 17.3. The van der Waals surface area contributed by atoms with Crippen molar-refractivity contribution in [3.63, 3.8) is 0 Å². The van der Waals surface area contributed by atoms with Gasteiger partial charge in [0.2, 0.25) is 20.4 Å². The molecule has 0 heterocycles. The topological polar surface area (TPSA) is 184 Å². The quantitative estimate of drug-likeness (QED) is 0.0641. The minimum Gasteiger partial charge on any atom is -0.438 e. The number of carbonyl (C=O) groups is 3. The minimum absolute atomic E-state index is 0.0871. The van der Waals surface area contributed by atoms with Gasteiger partial charge in [0, 0.05) is 13.0 Å². The second-order valence-corrected chi connectivity index (χ2v) is 18.0. The van der Waals surface area contributed by atoms with Crippen LogP contribution in [-0.4, -0.2) is 78.4 Å². The molecule has 0 aromatic rings. The molecule has 2 unspecified atom stereocenters. The van der Waals surface area contributed by atoms with Crippen LogP contribution >= 0.6 is 15.2 Å². The van der Waals surface area contributed by atoms with E-state index in [0.29, 0.717) is 6.54 Å². The number of nitrogens with zero attached hydrogens (tertiary/aromatic N) is 1. The molecule has 0 spiro atoms. The molecule has 2 atom stereocenters. The molecule has 0 rings (SSSR count). The Bertz CT molecular complexity index is 978. The van der Waals surface area contributed by atoms with Crippen molar-refractivity contribution in [3.8, 4) is 0 Å². The van der Waals surface area contributed by atoms with E-state index in [-0.39, 0.29) is 6.54 Å². The summed E-state index contributed by atoms with van der Waals surface area (Å²) in [7, 11) is -9.05. The van der Waals surface area contributed by atoms with E-state index in [0.717, 1.165) is 19.3 Å². The number of esters is 3. The van der Waals surface area contributed by atoms with E-state index in [9.17, 15) is 33.5 Å². The van der Waals surface area contributed by atoms with Crippen LogP contribution in [0.2, 0.25) is 0 Å². The van der Waals surface area contributed by atoms with E-state index < -0.39 is 81.2 Å². The molecular weight excluding hydrogens is 608 g/mol. The summed E-state index contributed by atoms with van der Waals surface area (Å²) in [5, 5.41) is 8.47. The minimum atomic E-state index is -5.47. The Kier molecular flexibility index (Phi) is 16.3. The van der Waals surface area contributed by atoms with Gasteiger partial charge in [0.15, 0.2) is 0 Å². The standard InChI is InChI=1S/C27H53NO13P2/c1-12-13-14-16-28(11)17-15-27(32,42(33,34)39-18-36-21(29)24(2,3)4)43(35,40-19-37-22(30)25(5,6)7)41-20-38-23(31)26(8,9)10/h32H,12-20H2,1-11H3,(H,33,34). The Morgan fingerprint density at radius 3 is 1.40 bits per heavy atom. The number of unbranched alkanes of at least 4 members (excludes halogenated alkanes) is 2. The van der Waals surface area contributed by atoms with Crippen molar-refractivity contribution in [2.75, 3.05) is 40.5 Å². The van der Waals surface area contributed by atoms with Gasteiger partial charge in [-0.3, -0.25) is 37.1 Å². The zero-order chi connectivity index (χ0) is 33.9. The summed E-state index contributed by atoms with van der Waals surface area (Å²) < 4.78 is 58.2. The molecule has 0 amide bonds. The van der Waals surface area contributed by atoms with Crippen molar-refractivity contribution >= 4 is 33.1 Å². The SMILES string of the molecule is CCCCCN(C)CCC(O)(P(=O)(O)OCOC(=O)C(C)(C)C)P(=O)(OCOC(=O)C(C)(C)C)OCOC(=O)C(C)(C)C. The maximum Gasteiger partial charge on any atom is 0.380 e. The highest BCUT2D eigenvalue weighted by Gasteiger charge is 2.64. The van der Waals surface area contributed by atoms with Crippen molar-refractivity contribution < 1.29 is 61.3 Å². The molecule has 2 N–H and O–H groups in total. The first kappa shape index (κ1) is 41.6. The lowest BCUT2D eigenvalue weighted by Crippen LogP contribution is -2.37. The number of aliphatic hydroxyl groups is 1. The Balaban J connectivity index is 6.42. The molecule has 0 aliphatic carbocycles.